The number of nitrogens with zero attached hydrogens (tertiary/aromatic N) is 1. The zero-order valence-corrected chi connectivity index (χ0v) is 14.7. The van der Waals surface area contributed by atoms with Gasteiger partial charge in [0.05, 0.1) is 18.7 Å². The molecule has 6 nitrogen and oxygen atoms in total. The number of fused-ring (bicyclic) bond motifs is 1. The minimum Gasteiger partial charge on any atom is -0.491 e. The van der Waals surface area contributed by atoms with Crippen LogP contribution >= 0.6 is 0 Å². The lowest BCUT2D eigenvalue weighted by atomic mass is 10.2. The summed E-state index contributed by atoms with van der Waals surface area (Å²) < 4.78 is 10.3. The van der Waals surface area contributed by atoms with Crippen molar-refractivity contribution < 1.29 is 20.5 Å². The molecule has 1 aromatic rings. The maximum atomic E-state index is 11.5. The molecule has 1 aromatic carbocycles. The van der Waals surface area contributed by atoms with Gasteiger partial charge in [-0.1, -0.05) is 6.07 Å². The molecule has 23 heavy (non-hydrogen) atoms. The highest BCUT2D eigenvalue weighted by atomic mass is 16.6. The molecule has 0 unspecified atom stereocenters. The second-order valence-corrected chi connectivity index (χ2v) is 6.27. The molecule has 0 bridgehead atoms. The number of aryl methyl sites for hydroxylation is 1. The molecule has 0 radical (unpaired) electrons. The number of benzene rings is 1. The number of hydrogen-bond acceptors (Lipinski definition) is 4. The SMILES string of the molecule is CNC(=O)OC(C)(C)C.Cc1ccc2c(c1)OCCC(=O)N2C.[HH]. The second-order valence-electron chi connectivity index (χ2n) is 6.27. The summed E-state index contributed by atoms with van der Waals surface area (Å²) in [7, 11) is 3.32. The van der Waals surface area contributed by atoms with Crippen LogP contribution in [-0.2, 0) is 9.53 Å². The first-order valence-electron chi connectivity index (χ1n) is 7.55. The predicted octanol–water partition coefficient (Wildman–Crippen LogP) is 3.13. The van der Waals surface area contributed by atoms with Crippen LogP contribution in [0.5, 0.6) is 5.75 Å². The van der Waals surface area contributed by atoms with Crippen LogP contribution in [0.1, 0.15) is 34.2 Å². The summed E-state index contributed by atoms with van der Waals surface area (Å²) in [5.41, 5.74) is 1.62. The Labute approximate surface area is 139 Å². The third kappa shape index (κ3) is 6.18. The van der Waals surface area contributed by atoms with Gasteiger partial charge in [0, 0.05) is 15.5 Å². The summed E-state index contributed by atoms with van der Waals surface area (Å²) >= 11 is 0. The molecule has 2 amide bonds. The van der Waals surface area contributed by atoms with Crippen molar-refractivity contribution in [3.05, 3.63) is 23.8 Å². The van der Waals surface area contributed by atoms with E-state index in [0.29, 0.717) is 13.0 Å². The Kier molecular flexibility index (Phi) is 6.42. The molecule has 2 rings (SSSR count). The van der Waals surface area contributed by atoms with Gasteiger partial charge in [-0.25, -0.2) is 4.79 Å². The standard InChI is InChI=1S/C11H13NO2.C6H13NO2.H2/c1-8-3-4-9-10(7-8)14-6-5-11(13)12(9)2;1-6(2,3)9-5(8)7-4;/h3-4,7H,5-6H2,1-2H3;1-4H3,(H,7,8);1H. The van der Waals surface area contributed by atoms with Gasteiger partial charge in [0.15, 0.2) is 0 Å². The topological polar surface area (TPSA) is 67.9 Å². The highest BCUT2D eigenvalue weighted by molar-refractivity contribution is 5.95. The quantitative estimate of drug-likeness (QED) is 0.796. The van der Waals surface area contributed by atoms with Crippen molar-refractivity contribution in [3.63, 3.8) is 0 Å². The number of amides is 2. The number of alkyl carbamates (subject to hydrolysis) is 1. The van der Waals surface area contributed by atoms with Crippen LogP contribution in [0.25, 0.3) is 0 Å². The van der Waals surface area contributed by atoms with Gasteiger partial charge in [0.2, 0.25) is 5.91 Å². The van der Waals surface area contributed by atoms with Gasteiger partial charge in [-0.05, 0) is 45.4 Å². The van der Waals surface area contributed by atoms with Crippen molar-refractivity contribution >= 4 is 17.7 Å². The van der Waals surface area contributed by atoms with Gasteiger partial charge < -0.3 is 19.7 Å². The lowest BCUT2D eigenvalue weighted by molar-refractivity contribution is -0.118. The number of carbonyl (C=O) groups excluding carboxylic acids is 2. The Morgan fingerprint density at radius 1 is 1.39 bits per heavy atom. The van der Waals surface area contributed by atoms with Crippen LogP contribution in [0.15, 0.2) is 18.2 Å². The van der Waals surface area contributed by atoms with E-state index in [-0.39, 0.29) is 19.0 Å². The van der Waals surface area contributed by atoms with Gasteiger partial charge in [-0.15, -0.1) is 0 Å². The van der Waals surface area contributed by atoms with Gasteiger partial charge in [-0.3, -0.25) is 4.79 Å². The molecule has 130 valence electrons. The smallest absolute Gasteiger partial charge is 0.407 e. The van der Waals surface area contributed by atoms with Crippen molar-refractivity contribution in [3.8, 4) is 5.75 Å². The molecular weight excluding hydrogens is 296 g/mol. The predicted molar refractivity (Wildman–Crippen MR) is 92.1 cm³/mol. The second kappa shape index (κ2) is 7.85. The van der Waals surface area contributed by atoms with Crippen molar-refractivity contribution in [2.45, 2.75) is 39.7 Å². The van der Waals surface area contributed by atoms with Crippen LogP contribution in [-0.4, -0.2) is 38.3 Å². The average molecular weight is 324 g/mol. The van der Waals surface area contributed by atoms with E-state index < -0.39 is 0 Å². The lowest BCUT2D eigenvalue weighted by Crippen LogP contribution is -2.30. The first-order valence-corrected chi connectivity index (χ1v) is 7.55. The first-order chi connectivity index (χ1) is 10.6. The molecule has 0 fully saturated rings. The van der Waals surface area contributed by atoms with E-state index >= 15 is 0 Å². The van der Waals surface area contributed by atoms with E-state index in [9.17, 15) is 9.59 Å². The summed E-state index contributed by atoms with van der Waals surface area (Å²) in [6, 6.07) is 5.87. The van der Waals surface area contributed by atoms with Crippen LogP contribution in [0, 0.1) is 6.92 Å². The van der Waals surface area contributed by atoms with E-state index in [1.165, 1.54) is 7.05 Å². The average Bonchev–Trinajstić information content (AvgIpc) is 2.58. The Bertz CT molecular complexity index is 570. The summed E-state index contributed by atoms with van der Waals surface area (Å²) in [5.74, 6) is 0.908. The molecule has 0 saturated carbocycles. The summed E-state index contributed by atoms with van der Waals surface area (Å²) in [4.78, 5) is 23.7. The van der Waals surface area contributed by atoms with E-state index in [4.69, 9.17) is 9.47 Å². The number of rotatable bonds is 0. The number of ether oxygens (including phenoxy) is 2. The Balaban J connectivity index is 0.000000468. The zero-order chi connectivity index (χ0) is 17.6. The number of anilines is 1. The van der Waals surface area contributed by atoms with Crippen molar-refractivity contribution in [1.29, 1.82) is 0 Å². The Morgan fingerprint density at radius 3 is 2.57 bits per heavy atom. The Hall–Kier alpha value is -2.24. The highest BCUT2D eigenvalue weighted by Crippen LogP contribution is 2.31. The van der Waals surface area contributed by atoms with E-state index in [0.717, 1.165) is 17.0 Å². The monoisotopic (exact) mass is 324 g/mol. The maximum absolute atomic E-state index is 11.5. The normalized spacial score (nSPS) is 13.8. The minimum absolute atomic E-state index is 0. The molecule has 1 aliphatic rings. The van der Waals surface area contributed by atoms with Crippen LogP contribution in [0.3, 0.4) is 0 Å². The van der Waals surface area contributed by atoms with E-state index in [2.05, 4.69) is 5.32 Å². The third-order valence-corrected chi connectivity index (χ3v) is 3.03. The molecule has 0 saturated heterocycles. The fraction of sp³-hybridized carbons (Fsp3) is 0.529. The Morgan fingerprint density at radius 2 is 2.04 bits per heavy atom. The van der Waals surface area contributed by atoms with Crippen LogP contribution in [0.2, 0.25) is 0 Å². The zero-order valence-electron chi connectivity index (χ0n) is 14.7. The fourth-order valence-corrected chi connectivity index (χ4v) is 1.89. The van der Waals surface area contributed by atoms with Crippen molar-refractivity contribution in [1.82, 2.24) is 5.32 Å². The molecule has 1 N–H and O–H groups in total. The highest BCUT2D eigenvalue weighted by Gasteiger charge is 2.19. The molecule has 0 spiro atoms. The largest absolute Gasteiger partial charge is 0.491 e. The van der Waals surface area contributed by atoms with E-state index in [1.807, 2.05) is 45.9 Å². The third-order valence-electron chi connectivity index (χ3n) is 3.03. The summed E-state index contributed by atoms with van der Waals surface area (Å²) in [5, 5.41) is 2.36. The summed E-state index contributed by atoms with van der Waals surface area (Å²) in [6.45, 7) is 7.95. The fourth-order valence-electron chi connectivity index (χ4n) is 1.89. The number of hydrogen-bond donors (Lipinski definition) is 1. The van der Waals surface area contributed by atoms with Gasteiger partial charge >= 0.3 is 6.09 Å². The van der Waals surface area contributed by atoms with Gasteiger partial charge in [0.1, 0.15) is 11.4 Å². The number of carbonyl (C=O) groups is 2. The van der Waals surface area contributed by atoms with Crippen molar-refractivity contribution in [2.75, 3.05) is 25.6 Å². The molecular formula is C17H28N2O4. The van der Waals surface area contributed by atoms with E-state index in [1.54, 1.807) is 11.9 Å². The molecule has 0 atom stereocenters. The molecule has 0 aliphatic carbocycles. The maximum Gasteiger partial charge on any atom is 0.407 e. The van der Waals surface area contributed by atoms with Gasteiger partial charge in [-0.2, -0.15) is 0 Å². The first kappa shape index (κ1) is 18.8. The molecule has 0 aromatic heterocycles. The van der Waals surface area contributed by atoms with Crippen LogP contribution < -0.4 is 15.0 Å². The number of nitrogens with one attached hydrogen (secondary N) is 1. The van der Waals surface area contributed by atoms with Crippen molar-refractivity contribution in [2.24, 2.45) is 0 Å². The molecule has 6 heteroatoms. The molecule has 1 aliphatic heterocycles. The minimum atomic E-state index is -0.389. The van der Waals surface area contributed by atoms with Crippen LogP contribution in [0.4, 0.5) is 10.5 Å². The van der Waals surface area contributed by atoms with Gasteiger partial charge in [0.25, 0.3) is 0 Å². The summed E-state index contributed by atoms with van der Waals surface area (Å²) in [6.07, 6.45) is 0.0621. The lowest BCUT2D eigenvalue weighted by Gasteiger charge is -2.18. The molecule has 1 heterocycles.